The van der Waals surface area contributed by atoms with Crippen molar-refractivity contribution >= 4 is 22.4 Å². The van der Waals surface area contributed by atoms with Crippen LogP contribution in [-0.4, -0.2) is 22.7 Å². The molecule has 1 aromatic heterocycles. The summed E-state index contributed by atoms with van der Waals surface area (Å²) in [5.41, 5.74) is 0. The summed E-state index contributed by atoms with van der Waals surface area (Å²) >= 11 is 1.39. The molecule has 1 amide bonds. The van der Waals surface area contributed by atoms with Crippen molar-refractivity contribution in [1.29, 1.82) is 0 Å². The van der Waals surface area contributed by atoms with Crippen LogP contribution in [0, 0.1) is 5.92 Å². The van der Waals surface area contributed by atoms with E-state index in [9.17, 15) is 4.79 Å². The fourth-order valence-corrected chi connectivity index (χ4v) is 2.46. The number of benzene rings is 1. The van der Waals surface area contributed by atoms with Crippen LogP contribution in [0.25, 0.3) is 0 Å². The van der Waals surface area contributed by atoms with Gasteiger partial charge in [-0.2, -0.15) is 0 Å². The zero-order valence-corrected chi connectivity index (χ0v) is 13.0. The molecular weight excluding hydrogens is 286 g/mol. The second kappa shape index (κ2) is 7.73. The van der Waals surface area contributed by atoms with Crippen LogP contribution in [-0.2, 0) is 11.2 Å². The average molecular weight is 305 g/mol. The summed E-state index contributed by atoms with van der Waals surface area (Å²) in [6.45, 7) is 4.55. The molecule has 0 aliphatic rings. The fraction of sp³-hybridized carbons (Fsp3) is 0.400. The highest BCUT2D eigenvalue weighted by molar-refractivity contribution is 7.15. The van der Waals surface area contributed by atoms with Gasteiger partial charge in [-0.25, -0.2) is 0 Å². The molecule has 0 saturated heterocycles. The lowest BCUT2D eigenvalue weighted by Gasteiger charge is -2.03. The Balaban J connectivity index is 1.76. The number of carbonyl (C=O) groups excluding carboxylic acids is 1. The lowest BCUT2D eigenvalue weighted by Crippen LogP contribution is -2.13. The van der Waals surface area contributed by atoms with E-state index in [1.54, 1.807) is 0 Å². The van der Waals surface area contributed by atoms with Crippen molar-refractivity contribution in [1.82, 2.24) is 10.2 Å². The average Bonchev–Trinajstić information content (AvgIpc) is 2.86. The SMILES string of the molecule is CC(C)CC(=O)Nc1nnc(CCOc2ccccc2)s1. The van der Waals surface area contributed by atoms with E-state index in [1.165, 1.54) is 11.3 Å². The third-order valence-corrected chi connectivity index (χ3v) is 3.53. The van der Waals surface area contributed by atoms with Crippen molar-refractivity contribution in [3.8, 4) is 5.75 Å². The third kappa shape index (κ3) is 5.51. The molecule has 5 nitrogen and oxygen atoms in total. The summed E-state index contributed by atoms with van der Waals surface area (Å²) in [7, 11) is 0. The topological polar surface area (TPSA) is 64.1 Å². The van der Waals surface area contributed by atoms with E-state index in [0.717, 1.165) is 10.8 Å². The fourth-order valence-electron chi connectivity index (χ4n) is 1.72. The number of nitrogens with one attached hydrogen (secondary N) is 1. The van der Waals surface area contributed by atoms with E-state index >= 15 is 0 Å². The predicted octanol–water partition coefficient (Wildman–Crippen LogP) is 3.14. The Bertz CT molecular complexity index is 569. The summed E-state index contributed by atoms with van der Waals surface area (Å²) in [6, 6.07) is 9.64. The van der Waals surface area contributed by atoms with Crippen molar-refractivity contribution in [3.63, 3.8) is 0 Å². The molecule has 0 saturated carbocycles. The number of hydrogen-bond donors (Lipinski definition) is 1. The molecule has 1 aromatic carbocycles. The van der Waals surface area contributed by atoms with Gasteiger partial charge in [-0.3, -0.25) is 4.79 Å². The van der Waals surface area contributed by atoms with Gasteiger partial charge in [-0.15, -0.1) is 10.2 Å². The van der Waals surface area contributed by atoms with Gasteiger partial charge in [-0.05, 0) is 18.1 Å². The van der Waals surface area contributed by atoms with Crippen LogP contribution in [0.15, 0.2) is 30.3 Å². The molecule has 1 N–H and O–H groups in total. The normalized spacial score (nSPS) is 10.6. The lowest BCUT2D eigenvalue weighted by atomic mass is 10.1. The van der Waals surface area contributed by atoms with Crippen molar-refractivity contribution < 1.29 is 9.53 Å². The third-order valence-electron chi connectivity index (χ3n) is 2.63. The van der Waals surface area contributed by atoms with Gasteiger partial charge in [0.25, 0.3) is 0 Å². The maximum Gasteiger partial charge on any atom is 0.226 e. The molecule has 0 aliphatic heterocycles. The molecule has 6 heteroatoms. The van der Waals surface area contributed by atoms with E-state index in [2.05, 4.69) is 15.5 Å². The molecule has 0 unspecified atom stereocenters. The number of carbonyl (C=O) groups is 1. The Morgan fingerprint density at radius 3 is 2.76 bits per heavy atom. The minimum Gasteiger partial charge on any atom is -0.493 e. The van der Waals surface area contributed by atoms with E-state index in [4.69, 9.17) is 4.74 Å². The van der Waals surface area contributed by atoms with Gasteiger partial charge in [-0.1, -0.05) is 43.4 Å². The molecule has 112 valence electrons. The zero-order valence-electron chi connectivity index (χ0n) is 12.2. The van der Waals surface area contributed by atoms with E-state index in [0.29, 0.717) is 30.5 Å². The molecule has 0 spiro atoms. The quantitative estimate of drug-likeness (QED) is 0.853. The second-order valence-electron chi connectivity index (χ2n) is 5.06. The minimum atomic E-state index is -0.0202. The van der Waals surface area contributed by atoms with Gasteiger partial charge in [0.05, 0.1) is 6.61 Å². The van der Waals surface area contributed by atoms with Crippen LogP contribution < -0.4 is 10.1 Å². The van der Waals surface area contributed by atoms with Gasteiger partial charge in [0.2, 0.25) is 11.0 Å². The number of anilines is 1. The Labute approximate surface area is 128 Å². The van der Waals surface area contributed by atoms with Gasteiger partial charge >= 0.3 is 0 Å². The first-order valence-corrected chi connectivity index (χ1v) is 7.75. The molecule has 1 heterocycles. The summed E-state index contributed by atoms with van der Waals surface area (Å²) in [6.07, 6.45) is 1.17. The smallest absolute Gasteiger partial charge is 0.226 e. The van der Waals surface area contributed by atoms with Gasteiger partial charge in [0.1, 0.15) is 10.8 Å². The standard InChI is InChI=1S/C15H19N3O2S/c1-11(2)10-13(19)16-15-18-17-14(21-15)8-9-20-12-6-4-3-5-7-12/h3-7,11H,8-10H2,1-2H3,(H,16,18,19). The highest BCUT2D eigenvalue weighted by Gasteiger charge is 2.09. The van der Waals surface area contributed by atoms with Gasteiger partial charge in [0, 0.05) is 12.8 Å². The Morgan fingerprint density at radius 1 is 1.29 bits per heavy atom. The van der Waals surface area contributed by atoms with Crippen LogP contribution in [0.4, 0.5) is 5.13 Å². The largest absolute Gasteiger partial charge is 0.493 e. The van der Waals surface area contributed by atoms with Crippen LogP contribution in [0.5, 0.6) is 5.75 Å². The van der Waals surface area contributed by atoms with E-state index in [-0.39, 0.29) is 5.91 Å². The van der Waals surface area contributed by atoms with Crippen LogP contribution >= 0.6 is 11.3 Å². The molecule has 0 fully saturated rings. The number of nitrogens with zero attached hydrogens (tertiary/aromatic N) is 2. The maximum absolute atomic E-state index is 11.6. The summed E-state index contributed by atoms with van der Waals surface area (Å²) in [5.74, 6) is 1.15. The van der Waals surface area contributed by atoms with E-state index in [1.807, 2.05) is 44.2 Å². The Morgan fingerprint density at radius 2 is 2.05 bits per heavy atom. The number of ether oxygens (including phenoxy) is 1. The highest BCUT2D eigenvalue weighted by Crippen LogP contribution is 2.17. The van der Waals surface area contributed by atoms with Gasteiger partial charge in [0.15, 0.2) is 0 Å². The highest BCUT2D eigenvalue weighted by atomic mass is 32.1. The summed E-state index contributed by atoms with van der Waals surface area (Å²) in [5, 5.41) is 12.2. The molecule has 21 heavy (non-hydrogen) atoms. The zero-order chi connectivity index (χ0) is 15.1. The first-order valence-electron chi connectivity index (χ1n) is 6.93. The minimum absolute atomic E-state index is 0.0202. The Kier molecular flexibility index (Phi) is 5.68. The lowest BCUT2D eigenvalue weighted by molar-refractivity contribution is -0.116. The molecule has 0 atom stereocenters. The molecule has 0 bridgehead atoms. The molecule has 2 aromatic rings. The molecule has 0 radical (unpaired) electrons. The van der Waals surface area contributed by atoms with Crippen LogP contribution in [0.1, 0.15) is 25.3 Å². The van der Waals surface area contributed by atoms with Crippen molar-refractivity contribution in [3.05, 3.63) is 35.3 Å². The number of aromatic nitrogens is 2. The van der Waals surface area contributed by atoms with E-state index < -0.39 is 0 Å². The van der Waals surface area contributed by atoms with Crippen molar-refractivity contribution in [2.24, 2.45) is 5.92 Å². The van der Waals surface area contributed by atoms with Crippen LogP contribution in [0.3, 0.4) is 0 Å². The molecule has 0 aliphatic carbocycles. The summed E-state index contributed by atoms with van der Waals surface area (Å²) < 4.78 is 5.60. The number of hydrogen-bond acceptors (Lipinski definition) is 5. The molecular formula is C15H19N3O2S. The summed E-state index contributed by atoms with van der Waals surface area (Å²) in [4.78, 5) is 11.6. The van der Waals surface area contributed by atoms with Gasteiger partial charge < -0.3 is 10.1 Å². The number of para-hydroxylation sites is 1. The molecule has 2 rings (SSSR count). The van der Waals surface area contributed by atoms with Crippen LogP contribution in [0.2, 0.25) is 0 Å². The Hall–Kier alpha value is -1.95. The first kappa shape index (κ1) is 15.4. The predicted molar refractivity (Wildman–Crippen MR) is 83.6 cm³/mol. The maximum atomic E-state index is 11.6. The van der Waals surface area contributed by atoms with Crippen molar-refractivity contribution in [2.75, 3.05) is 11.9 Å². The monoisotopic (exact) mass is 305 g/mol. The van der Waals surface area contributed by atoms with Crippen molar-refractivity contribution in [2.45, 2.75) is 26.7 Å². The first-order chi connectivity index (χ1) is 10.1. The number of rotatable bonds is 7. The second-order valence-corrected chi connectivity index (χ2v) is 6.12. The number of amides is 1.